The molecule has 0 bridgehead atoms. The summed E-state index contributed by atoms with van der Waals surface area (Å²) in [7, 11) is 8.21. The first-order valence-corrected chi connectivity index (χ1v) is 12.1. The molecule has 3 heterocycles. The summed E-state index contributed by atoms with van der Waals surface area (Å²) < 4.78 is 0. The van der Waals surface area contributed by atoms with Crippen LogP contribution in [-0.4, -0.2) is 103 Å². The Bertz CT molecular complexity index is 237. The SMILES string of the molecule is CC.CC.CC.CCCNC.CN1CCC1.CN1CC[N-]CC1.CNC1C[N-]C1.[W].[W].[W]. The minimum absolute atomic E-state index is 0. The summed E-state index contributed by atoms with van der Waals surface area (Å²) >= 11 is 0. The van der Waals surface area contributed by atoms with E-state index in [2.05, 4.69) is 52.1 Å². The van der Waals surface area contributed by atoms with Crippen molar-refractivity contribution >= 4 is 0 Å². The molecule has 0 unspecified atom stereocenters. The molecule has 0 aromatic carbocycles. The molecule has 0 saturated carbocycles. The van der Waals surface area contributed by atoms with Gasteiger partial charge in [0.1, 0.15) is 0 Å². The van der Waals surface area contributed by atoms with Crippen LogP contribution in [0.25, 0.3) is 10.6 Å². The molecule has 3 fully saturated rings. The summed E-state index contributed by atoms with van der Waals surface area (Å²) in [5.74, 6) is 0. The van der Waals surface area contributed by atoms with Gasteiger partial charge in [-0.3, -0.25) is 0 Å². The first-order chi connectivity index (χ1) is 14.1. The molecule has 3 saturated heterocycles. The second-order valence-corrected chi connectivity index (χ2v) is 6.31. The van der Waals surface area contributed by atoms with Gasteiger partial charge in [0, 0.05) is 63.2 Å². The van der Waals surface area contributed by atoms with E-state index < -0.39 is 0 Å². The second-order valence-electron chi connectivity index (χ2n) is 6.31. The zero-order valence-corrected chi connectivity index (χ0v) is 32.2. The van der Waals surface area contributed by atoms with Gasteiger partial charge >= 0.3 is 0 Å². The van der Waals surface area contributed by atoms with E-state index in [9.17, 15) is 0 Å². The normalized spacial score (nSPS) is 15.8. The Balaban J connectivity index is -0.0000000472. The van der Waals surface area contributed by atoms with Gasteiger partial charge in [0.05, 0.1) is 0 Å². The van der Waals surface area contributed by atoms with Gasteiger partial charge in [-0.2, -0.15) is 0 Å². The molecule has 0 atom stereocenters. The molecule has 0 aromatic rings. The van der Waals surface area contributed by atoms with Crippen molar-refractivity contribution in [3.05, 3.63) is 10.6 Å². The van der Waals surface area contributed by atoms with Crippen LogP contribution >= 0.6 is 0 Å². The predicted molar refractivity (Wildman–Crippen MR) is 137 cm³/mol. The molecule has 3 aliphatic rings. The Morgan fingerprint density at radius 1 is 0.719 bits per heavy atom. The third kappa shape index (κ3) is 45.3. The van der Waals surface area contributed by atoms with Crippen molar-refractivity contribution in [1.29, 1.82) is 0 Å². The van der Waals surface area contributed by atoms with Crippen molar-refractivity contribution in [2.75, 3.05) is 87.1 Å². The summed E-state index contributed by atoms with van der Waals surface area (Å²) in [6.45, 7) is 24.4. The van der Waals surface area contributed by atoms with Crippen LogP contribution in [0.15, 0.2) is 0 Å². The molecule has 3 aliphatic heterocycles. The molecule has 3 rings (SSSR count). The van der Waals surface area contributed by atoms with Crippen LogP contribution < -0.4 is 10.6 Å². The number of likely N-dealkylation sites (N-methyl/N-ethyl adjacent to an activating group) is 2. The van der Waals surface area contributed by atoms with E-state index in [1.165, 1.54) is 25.9 Å². The predicted octanol–water partition coefficient (Wildman–Crippen LogP) is 4.28. The molecule has 0 radical (unpaired) electrons. The molecular weight excluding hydrogens is 912 g/mol. The number of hydrogen-bond acceptors (Lipinski definition) is 4. The quantitative estimate of drug-likeness (QED) is 0.445. The molecular formula is C23H58N6W3-2. The molecule has 9 heteroatoms. The molecule has 2 N–H and O–H groups in total. The maximum atomic E-state index is 4.19. The van der Waals surface area contributed by atoms with E-state index in [0.717, 1.165) is 45.8 Å². The van der Waals surface area contributed by atoms with Crippen LogP contribution in [-0.2, 0) is 63.2 Å². The molecule has 0 aromatic heterocycles. The zero-order valence-electron chi connectivity index (χ0n) is 23.4. The van der Waals surface area contributed by atoms with Crippen LogP contribution in [0.4, 0.5) is 0 Å². The van der Waals surface area contributed by atoms with Gasteiger partial charge < -0.3 is 31.1 Å². The fourth-order valence-corrected chi connectivity index (χ4v) is 1.87. The smallest absolute Gasteiger partial charge is 0 e. The van der Waals surface area contributed by atoms with E-state index in [4.69, 9.17) is 0 Å². The van der Waals surface area contributed by atoms with Gasteiger partial charge in [-0.15, -0.1) is 26.2 Å². The Morgan fingerprint density at radius 3 is 1.16 bits per heavy atom. The van der Waals surface area contributed by atoms with E-state index in [1.54, 1.807) is 0 Å². The largest absolute Gasteiger partial charge is 0.660 e. The molecule has 0 amide bonds. The van der Waals surface area contributed by atoms with Crippen molar-refractivity contribution in [3.8, 4) is 0 Å². The van der Waals surface area contributed by atoms with Gasteiger partial charge in [-0.1, -0.05) is 48.5 Å². The minimum atomic E-state index is 0. The molecule has 200 valence electrons. The van der Waals surface area contributed by atoms with Gasteiger partial charge in [0.2, 0.25) is 0 Å². The first-order valence-electron chi connectivity index (χ1n) is 12.1. The van der Waals surface area contributed by atoms with Crippen LogP contribution in [0, 0.1) is 0 Å². The fourth-order valence-electron chi connectivity index (χ4n) is 1.87. The number of rotatable bonds is 3. The van der Waals surface area contributed by atoms with Gasteiger partial charge in [-0.25, -0.2) is 0 Å². The number of hydrogen-bond donors (Lipinski definition) is 2. The molecule has 32 heavy (non-hydrogen) atoms. The number of nitrogens with zero attached hydrogens (tertiary/aromatic N) is 4. The van der Waals surface area contributed by atoms with Crippen molar-refractivity contribution < 1.29 is 63.2 Å². The van der Waals surface area contributed by atoms with E-state index in [-0.39, 0.29) is 63.2 Å². The zero-order chi connectivity index (χ0) is 23.3. The monoisotopic (exact) mass is 970 g/mol. The van der Waals surface area contributed by atoms with Crippen molar-refractivity contribution in [2.45, 2.75) is 67.3 Å². The Labute approximate surface area is 247 Å². The van der Waals surface area contributed by atoms with Gasteiger partial charge in [0.25, 0.3) is 0 Å². The molecule has 0 spiro atoms. The maximum Gasteiger partial charge on any atom is 0 e. The summed E-state index contributed by atoms with van der Waals surface area (Å²) in [5.41, 5.74) is 0. The Hall–Kier alpha value is 1.82. The number of piperazine rings is 1. The molecule has 6 nitrogen and oxygen atoms in total. The Kier molecular flexibility index (Phi) is 78.9. The third-order valence-electron chi connectivity index (χ3n) is 3.97. The summed E-state index contributed by atoms with van der Waals surface area (Å²) in [4.78, 5) is 4.60. The average Bonchev–Trinajstić information content (AvgIpc) is 2.73. The van der Waals surface area contributed by atoms with E-state index >= 15 is 0 Å². The van der Waals surface area contributed by atoms with Crippen LogP contribution in [0.3, 0.4) is 0 Å². The second kappa shape index (κ2) is 49.8. The van der Waals surface area contributed by atoms with Crippen molar-refractivity contribution in [1.82, 2.24) is 20.4 Å². The van der Waals surface area contributed by atoms with Crippen LogP contribution in [0.1, 0.15) is 61.3 Å². The first kappa shape index (κ1) is 50.6. The maximum absolute atomic E-state index is 4.19. The van der Waals surface area contributed by atoms with Crippen LogP contribution in [0.2, 0.25) is 0 Å². The van der Waals surface area contributed by atoms with Crippen molar-refractivity contribution in [3.63, 3.8) is 0 Å². The van der Waals surface area contributed by atoms with Gasteiger partial charge in [-0.05, 0) is 79.8 Å². The Morgan fingerprint density at radius 2 is 1.09 bits per heavy atom. The fraction of sp³-hybridized carbons (Fsp3) is 1.00. The van der Waals surface area contributed by atoms with Gasteiger partial charge in [0.15, 0.2) is 0 Å². The van der Waals surface area contributed by atoms with Crippen LogP contribution in [0.5, 0.6) is 0 Å². The topological polar surface area (TPSA) is 58.7 Å². The average molecular weight is 970 g/mol. The summed E-state index contributed by atoms with van der Waals surface area (Å²) in [6, 6.07) is 0.699. The molecule has 0 aliphatic carbocycles. The third-order valence-corrected chi connectivity index (χ3v) is 3.97. The summed E-state index contributed by atoms with van der Waals surface area (Å²) in [5, 5.41) is 14.3. The number of nitrogens with one attached hydrogen (secondary N) is 2. The standard InChI is InChI=1S/C5H11N2.C4H9N2.C4H9N.C4H11N.3C2H6.3W/c1-7-4-2-6-3-5-7;1-5-4-2-6-3-4;1-5-3-2-4-5;1-3-4-5-2;3*1-2;;;/h2-5H2,1H3;4-5H,2-3H2,1H3;2-4H2,1H3;5H,3-4H2,1-2H3;3*1-2H3;;;/q2*-1;;;;;;;;. The van der Waals surface area contributed by atoms with E-state index in [0.29, 0.717) is 6.04 Å². The minimum Gasteiger partial charge on any atom is -0.660 e. The summed E-state index contributed by atoms with van der Waals surface area (Å²) in [6.07, 6.45) is 2.65. The van der Waals surface area contributed by atoms with E-state index in [1.807, 2.05) is 55.6 Å². The number of likely N-dealkylation sites (tertiary alicyclic amines) is 1. The van der Waals surface area contributed by atoms with Crippen molar-refractivity contribution in [2.24, 2.45) is 0 Å².